The van der Waals surface area contributed by atoms with Crippen LogP contribution in [0.1, 0.15) is 46.1 Å². The molecule has 2 aromatic rings. The highest BCUT2D eigenvalue weighted by atomic mass is 32.1. The Morgan fingerprint density at radius 2 is 1.80 bits per heavy atom. The zero-order chi connectivity index (χ0) is 14.7. The predicted octanol–water partition coefficient (Wildman–Crippen LogP) is 4.01. The van der Waals surface area contributed by atoms with Gasteiger partial charge in [-0.15, -0.1) is 11.3 Å². The first kappa shape index (κ1) is 15.2. The van der Waals surface area contributed by atoms with Gasteiger partial charge < -0.3 is 5.73 Å². The van der Waals surface area contributed by atoms with Crippen molar-refractivity contribution in [1.29, 1.82) is 0 Å². The Hall–Kier alpha value is -1.19. The molecular weight excluding hydrogens is 264 g/mol. The van der Waals surface area contributed by atoms with Crippen LogP contribution < -0.4 is 5.73 Å². The second-order valence-corrected chi connectivity index (χ2v) is 7.12. The number of hydrogen-bond acceptors (Lipinski definition) is 3. The second-order valence-electron chi connectivity index (χ2n) is 5.95. The molecule has 2 N–H and O–H groups in total. The van der Waals surface area contributed by atoms with Gasteiger partial charge in [0.2, 0.25) is 0 Å². The van der Waals surface area contributed by atoms with Gasteiger partial charge in [-0.2, -0.15) is 0 Å². The summed E-state index contributed by atoms with van der Waals surface area (Å²) in [6.45, 7) is 9.35. The first-order valence-electron chi connectivity index (χ1n) is 7.22. The fourth-order valence-electron chi connectivity index (χ4n) is 2.56. The van der Waals surface area contributed by atoms with Gasteiger partial charge in [0, 0.05) is 17.8 Å². The van der Waals surface area contributed by atoms with E-state index in [-0.39, 0.29) is 0 Å². The summed E-state index contributed by atoms with van der Waals surface area (Å²) in [6.07, 6.45) is 1.94. The monoisotopic (exact) mass is 288 g/mol. The molecule has 0 saturated carbocycles. The summed E-state index contributed by atoms with van der Waals surface area (Å²) < 4.78 is 0. The minimum absolute atomic E-state index is 0.604. The van der Waals surface area contributed by atoms with Gasteiger partial charge in [-0.25, -0.2) is 4.98 Å². The van der Waals surface area contributed by atoms with Crippen LogP contribution in [0.2, 0.25) is 0 Å². The van der Waals surface area contributed by atoms with Crippen LogP contribution in [0.15, 0.2) is 18.2 Å². The van der Waals surface area contributed by atoms with Gasteiger partial charge in [-0.1, -0.05) is 43.2 Å². The van der Waals surface area contributed by atoms with E-state index in [2.05, 4.69) is 45.9 Å². The van der Waals surface area contributed by atoms with Crippen LogP contribution in [0, 0.1) is 19.8 Å². The lowest BCUT2D eigenvalue weighted by molar-refractivity contribution is 0.632. The number of aromatic nitrogens is 1. The van der Waals surface area contributed by atoms with Gasteiger partial charge in [-0.3, -0.25) is 0 Å². The molecule has 0 aliphatic carbocycles. The maximum absolute atomic E-state index is 5.85. The largest absolute Gasteiger partial charge is 0.326 e. The molecular formula is C17H24N2S. The molecule has 0 fully saturated rings. The fraction of sp³-hybridized carbons (Fsp3) is 0.471. The number of rotatable bonds is 5. The maximum Gasteiger partial charge on any atom is 0.0975 e. The molecule has 0 amide bonds. The third-order valence-electron chi connectivity index (χ3n) is 3.25. The van der Waals surface area contributed by atoms with Crippen molar-refractivity contribution < 1.29 is 0 Å². The normalized spacial score (nSPS) is 11.3. The van der Waals surface area contributed by atoms with E-state index in [1.54, 1.807) is 11.3 Å². The average molecular weight is 288 g/mol. The van der Waals surface area contributed by atoms with Crippen molar-refractivity contribution in [1.82, 2.24) is 4.98 Å². The zero-order valence-corrected chi connectivity index (χ0v) is 13.7. The number of nitrogens with two attached hydrogens (primary N) is 1. The molecule has 0 radical (unpaired) electrons. The van der Waals surface area contributed by atoms with Crippen molar-refractivity contribution in [2.75, 3.05) is 0 Å². The fourth-order valence-corrected chi connectivity index (χ4v) is 3.57. The lowest BCUT2D eigenvalue weighted by Gasteiger charge is -2.03. The lowest BCUT2D eigenvalue weighted by atomic mass is 10.1. The Morgan fingerprint density at radius 3 is 2.35 bits per heavy atom. The highest BCUT2D eigenvalue weighted by Gasteiger charge is 2.12. The molecule has 20 heavy (non-hydrogen) atoms. The van der Waals surface area contributed by atoms with Gasteiger partial charge in [0.25, 0.3) is 0 Å². The van der Waals surface area contributed by atoms with Gasteiger partial charge in [0.1, 0.15) is 0 Å². The standard InChI is InChI=1S/C17H24N2S/c1-11(2)5-15-16(10-18)20-17(19-15)9-14-7-12(3)6-13(4)8-14/h6-8,11H,5,9-10,18H2,1-4H3. The summed E-state index contributed by atoms with van der Waals surface area (Å²) in [5, 5.41) is 1.19. The predicted molar refractivity (Wildman–Crippen MR) is 87.3 cm³/mol. The molecule has 0 spiro atoms. The SMILES string of the molecule is Cc1cc(C)cc(Cc2nc(CC(C)C)c(CN)s2)c1. The minimum atomic E-state index is 0.604. The van der Waals surface area contributed by atoms with Gasteiger partial charge in [-0.05, 0) is 31.7 Å². The number of hydrogen-bond donors (Lipinski definition) is 1. The molecule has 0 aliphatic heterocycles. The Kier molecular flexibility index (Phi) is 4.95. The number of thiazole rings is 1. The van der Waals surface area contributed by atoms with E-state index in [4.69, 9.17) is 10.7 Å². The third kappa shape index (κ3) is 3.90. The molecule has 0 atom stereocenters. The van der Waals surface area contributed by atoms with Crippen molar-refractivity contribution in [2.45, 2.75) is 47.1 Å². The van der Waals surface area contributed by atoms with Crippen LogP contribution >= 0.6 is 11.3 Å². The molecule has 3 heteroatoms. The molecule has 1 aromatic carbocycles. The average Bonchev–Trinajstić information content (AvgIpc) is 2.68. The highest BCUT2D eigenvalue weighted by molar-refractivity contribution is 7.11. The van der Waals surface area contributed by atoms with Crippen LogP contribution in [0.4, 0.5) is 0 Å². The van der Waals surface area contributed by atoms with Crippen LogP contribution in [0.25, 0.3) is 0 Å². The second kappa shape index (κ2) is 6.51. The van der Waals surface area contributed by atoms with Crippen molar-refractivity contribution in [3.8, 4) is 0 Å². The Balaban J connectivity index is 2.22. The van der Waals surface area contributed by atoms with Crippen LogP contribution in [0.5, 0.6) is 0 Å². The Bertz CT molecular complexity index is 564. The van der Waals surface area contributed by atoms with E-state index >= 15 is 0 Å². The van der Waals surface area contributed by atoms with E-state index in [9.17, 15) is 0 Å². The van der Waals surface area contributed by atoms with Gasteiger partial charge in [0.15, 0.2) is 0 Å². The summed E-state index contributed by atoms with van der Waals surface area (Å²) in [7, 11) is 0. The molecule has 2 nitrogen and oxygen atoms in total. The molecule has 1 aromatic heterocycles. The van der Waals surface area contributed by atoms with E-state index in [0.717, 1.165) is 12.8 Å². The molecule has 0 saturated heterocycles. The van der Waals surface area contributed by atoms with Crippen molar-refractivity contribution in [2.24, 2.45) is 11.7 Å². The summed E-state index contributed by atoms with van der Waals surface area (Å²) in [4.78, 5) is 6.06. The Morgan fingerprint density at radius 1 is 1.15 bits per heavy atom. The van der Waals surface area contributed by atoms with Gasteiger partial charge >= 0.3 is 0 Å². The summed E-state index contributed by atoms with van der Waals surface area (Å²) >= 11 is 1.77. The number of nitrogens with zero attached hydrogens (tertiary/aromatic N) is 1. The van der Waals surface area contributed by atoms with E-state index in [1.165, 1.54) is 32.3 Å². The highest BCUT2D eigenvalue weighted by Crippen LogP contribution is 2.23. The topological polar surface area (TPSA) is 38.9 Å². The van der Waals surface area contributed by atoms with Crippen LogP contribution in [0.3, 0.4) is 0 Å². The number of benzene rings is 1. The van der Waals surface area contributed by atoms with E-state index in [1.807, 2.05) is 0 Å². The number of aryl methyl sites for hydroxylation is 2. The first-order valence-corrected chi connectivity index (χ1v) is 8.04. The molecule has 108 valence electrons. The third-order valence-corrected chi connectivity index (χ3v) is 4.37. The summed E-state index contributed by atoms with van der Waals surface area (Å²) in [5.74, 6) is 0.622. The van der Waals surface area contributed by atoms with Crippen LogP contribution in [-0.4, -0.2) is 4.98 Å². The quantitative estimate of drug-likeness (QED) is 0.903. The van der Waals surface area contributed by atoms with Crippen LogP contribution in [-0.2, 0) is 19.4 Å². The lowest BCUT2D eigenvalue weighted by Crippen LogP contribution is -2.02. The molecule has 2 rings (SSSR count). The van der Waals surface area contributed by atoms with E-state index < -0.39 is 0 Å². The van der Waals surface area contributed by atoms with Crippen molar-refractivity contribution >= 4 is 11.3 Å². The summed E-state index contributed by atoms with van der Waals surface area (Å²) in [5.41, 5.74) is 11.0. The molecule has 1 heterocycles. The maximum atomic E-state index is 5.85. The Labute approximate surface area is 126 Å². The molecule has 0 aliphatic rings. The van der Waals surface area contributed by atoms with E-state index in [0.29, 0.717) is 12.5 Å². The van der Waals surface area contributed by atoms with Gasteiger partial charge in [0.05, 0.1) is 10.7 Å². The molecule has 0 unspecified atom stereocenters. The smallest absolute Gasteiger partial charge is 0.0975 e. The van der Waals surface area contributed by atoms with Crippen molar-refractivity contribution in [3.63, 3.8) is 0 Å². The first-order chi connectivity index (χ1) is 9.47. The van der Waals surface area contributed by atoms with Crippen molar-refractivity contribution in [3.05, 3.63) is 50.5 Å². The zero-order valence-electron chi connectivity index (χ0n) is 12.9. The molecule has 0 bridgehead atoms. The minimum Gasteiger partial charge on any atom is -0.326 e. The summed E-state index contributed by atoms with van der Waals surface area (Å²) in [6, 6.07) is 6.71.